The van der Waals surface area contributed by atoms with E-state index in [9.17, 15) is 8.78 Å². The lowest BCUT2D eigenvalue weighted by atomic mass is 9.99. The van der Waals surface area contributed by atoms with Crippen LogP contribution in [0.2, 0.25) is 0 Å². The molecule has 1 saturated heterocycles. The first kappa shape index (κ1) is 11.7. The smallest absolute Gasteiger partial charge is 0.274 e. The van der Waals surface area contributed by atoms with Crippen LogP contribution in [0.3, 0.4) is 0 Å². The van der Waals surface area contributed by atoms with E-state index >= 15 is 0 Å². The summed E-state index contributed by atoms with van der Waals surface area (Å²) >= 11 is 0. The first-order valence-corrected chi connectivity index (χ1v) is 6.16. The van der Waals surface area contributed by atoms with Gasteiger partial charge in [0.25, 0.3) is 5.92 Å². The van der Waals surface area contributed by atoms with Gasteiger partial charge in [0.15, 0.2) is 11.5 Å². The average Bonchev–Trinajstić information content (AvgIpc) is 2.97. The van der Waals surface area contributed by atoms with Gasteiger partial charge in [-0.05, 0) is 37.6 Å². The molecular formula is C13H15F2NO2. The Morgan fingerprint density at radius 3 is 2.89 bits per heavy atom. The number of halogens is 2. The molecule has 3 rings (SSSR count). The fourth-order valence-corrected chi connectivity index (χ4v) is 2.48. The molecule has 98 valence electrons. The lowest BCUT2D eigenvalue weighted by Crippen LogP contribution is -2.29. The fraction of sp³-hybridized carbons (Fsp3) is 0.538. The number of alkyl halides is 2. The number of rotatable bonds is 3. The van der Waals surface area contributed by atoms with Crippen molar-refractivity contribution in [3.05, 3.63) is 23.8 Å². The predicted octanol–water partition coefficient (Wildman–Crippen LogP) is 2.65. The maximum atomic E-state index is 14.1. The molecule has 1 atom stereocenters. The molecular weight excluding hydrogens is 240 g/mol. The summed E-state index contributed by atoms with van der Waals surface area (Å²) in [5.74, 6) is -1.89. The Bertz CT molecular complexity index is 445. The minimum atomic E-state index is -2.83. The summed E-state index contributed by atoms with van der Waals surface area (Å²) in [5, 5.41) is 3.10. The summed E-state index contributed by atoms with van der Waals surface area (Å²) in [4.78, 5) is 0. The molecule has 0 bridgehead atoms. The van der Waals surface area contributed by atoms with E-state index in [0.717, 1.165) is 19.4 Å². The Morgan fingerprint density at radius 2 is 2.11 bits per heavy atom. The number of benzene rings is 1. The topological polar surface area (TPSA) is 30.5 Å². The third-order valence-corrected chi connectivity index (χ3v) is 3.46. The molecule has 2 aliphatic rings. The van der Waals surface area contributed by atoms with Gasteiger partial charge < -0.3 is 14.8 Å². The van der Waals surface area contributed by atoms with E-state index in [-0.39, 0.29) is 24.8 Å². The van der Waals surface area contributed by atoms with Gasteiger partial charge in [0.2, 0.25) is 6.79 Å². The molecule has 1 aromatic rings. The molecule has 0 aliphatic carbocycles. The molecule has 1 N–H and O–H groups in total. The number of fused-ring (bicyclic) bond motifs is 1. The van der Waals surface area contributed by atoms with Gasteiger partial charge in [0, 0.05) is 18.0 Å². The highest BCUT2D eigenvalue weighted by molar-refractivity contribution is 5.45. The third kappa shape index (κ3) is 2.14. The van der Waals surface area contributed by atoms with E-state index < -0.39 is 5.92 Å². The molecule has 0 amide bonds. The third-order valence-electron chi connectivity index (χ3n) is 3.46. The Kier molecular flexibility index (Phi) is 2.86. The van der Waals surface area contributed by atoms with Gasteiger partial charge in [-0.1, -0.05) is 0 Å². The SMILES string of the molecule is FC(F)(CC1CCCN1)c1ccc2c(c1)OCO2. The van der Waals surface area contributed by atoms with Crippen LogP contribution in [0, 0.1) is 0 Å². The van der Waals surface area contributed by atoms with Crippen molar-refractivity contribution in [3.63, 3.8) is 0 Å². The maximum absolute atomic E-state index is 14.1. The van der Waals surface area contributed by atoms with Gasteiger partial charge in [0.1, 0.15) is 0 Å². The predicted molar refractivity (Wildman–Crippen MR) is 62.1 cm³/mol. The molecule has 2 aliphatic heterocycles. The zero-order valence-electron chi connectivity index (χ0n) is 9.92. The van der Waals surface area contributed by atoms with E-state index in [4.69, 9.17) is 9.47 Å². The Labute approximate surface area is 104 Å². The van der Waals surface area contributed by atoms with E-state index in [1.165, 1.54) is 12.1 Å². The molecule has 0 radical (unpaired) electrons. The number of hydrogen-bond donors (Lipinski definition) is 1. The van der Waals surface area contributed by atoms with Crippen molar-refractivity contribution in [2.45, 2.75) is 31.2 Å². The van der Waals surface area contributed by atoms with E-state index in [1.807, 2.05) is 0 Å². The Morgan fingerprint density at radius 1 is 1.28 bits per heavy atom. The zero-order chi connectivity index (χ0) is 12.6. The van der Waals surface area contributed by atoms with Crippen LogP contribution in [-0.2, 0) is 5.92 Å². The molecule has 3 nitrogen and oxygen atoms in total. The second-order valence-corrected chi connectivity index (χ2v) is 4.77. The minimum Gasteiger partial charge on any atom is -0.454 e. The fourth-order valence-electron chi connectivity index (χ4n) is 2.48. The highest BCUT2D eigenvalue weighted by Crippen LogP contribution is 2.40. The highest BCUT2D eigenvalue weighted by atomic mass is 19.3. The van der Waals surface area contributed by atoms with Crippen molar-refractivity contribution in [3.8, 4) is 11.5 Å². The van der Waals surface area contributed by atoms with Crippen LogP contribution in [0.15, 0.2) is 18.2 Å². The van der Waals surface area contributed by atoms with Crippen LogP contribution >= 0.6 is 0 Å². The summed E-state index contributed by atoms with van der Waals surface area (Å²) in [7, 11) is 0. The van der Waals surface area contributed by atoms with Crippen LogP contribution in [0.4, 0.5) is 8.78 Å². The molecule has 1 aromatic carbocycles. The average molecular weight is 255 g/mol. The first-order chi connectivity index (χ1) is 8.65. The minimum absolute atomic E-state index is 0.000417. The van der Waals surface area contributed by atoms with Gasteiger partial charge >= 0.3 is 0 Å². The van der Waals surface area contributed by atoms with Crippen molar-refractivity contribution in [1.82, 2.24) is 5.32 Å². The second kappa shape index (κ2) is 4.39. The number of ether oxygens (including phenoxy) is 2. The molecule has 0 aromatic heterocycles. The van der Waals surface area contributed by atoms with E-state index in [1.54, 1.807) is 6.07 Å². The van der Waals surface area contributed by atoms with Crippen molar-refractivity contribution >= 4 is 0 Å². The number of nitrogens with one attached hydrogen (secondary N) is 1. The normalized spacial score (nSPS) is 22.4. The first-order valence-electron chi connectivity index (χ1n) is 6.16. The molecule has 0 saturated carbocycles. The van der Waals surface area contributed by atoms with Crippen molar-refractivity contribution in [1.29, 1.82) is 0 Å². The van der Waals surface area contributed by atoms with Gasteiger partial charge in [-0.3, -0.25) is 0 Å². The van der Waals surface area contributed by atoms with Crippen LogP contribution in [0.1, 0.15) is 24.8 Å². The summed E-state index contributed by atoms with van der Waals surface area (Å²) in [6.07, 6.45) is 1.63. The standard InChI is InChI=1S/C13H15F2NO2/c14-13(15,7-10-2-1-5-16-10)9-3-4-11-12(6-9)18-8-17-11/h3-4,6,10,16H,1-2,5,7-8H2. The van der Waals surface area contributed by atoms with Gasteiger partial charge in [-0.2, -0.15) is 0 Å². The van der Waals surface area contributed by atoms with Crippen LogP contribution in [-0.4, -0.2) is 19.4 Å². The Hall–Kier alpha value is -1.36. The van der Waals surface area contributed by atoms with Gasteiger partial charge in [-0.15, -0.1) is 0 Å². The van der Waals surface area contributed by atoms with Crippen LogP contribution < -0.4 is 14.8 Å². The van der Waals surface area contributed by atoms with Crippen LogP contribution in [0.25, 0.3) is 0 Å². The zero-order valence-corrected chi connectivity index (χ0v) is 9.92. The maximum Gasteiger partial charge on any atom is 0.274 e. The van der Waals surface area contributed by atoms with E-state index in [2.05, 4.69) is 5.32 Å². The largest absolute Gasteiger partial charge is 0.454 e. The molecule has 5 heteroatoms. The molecule has 1 fully saturated rings. The molecule has 2 heterocycles. The summed E-state index contributed by atoms with van der Waals surface area (Å²) in [5.41, 5.74) is 0.000417. The summed E-state index contributed by atoms with van der Waals surface area (Å²) in [6.45, 7) is 0.941. The quantitative estimate of drug-likeness (QED) is 0.900. The van der Waals surface area contributed by atoms with Gasteiger partial charge in [-0.25, -0.2) is 8.78 Å². The Balaban J connectivity index is 1.79. The summed E-state index contributed by atoms with van der Waals surface area (Å²) < 4.78 is 38.5. The highest BCUT2D eigenvalue weighted by Gasteiger charge is 2.36. The van der Waals surface area contributed by atoms with Crippen LogP contribution in [0.5, 0.6) is 11.5 Å². The lowest BCUT2D eigenvalue weighted by molar-refractivity contribution is -0.0214. The number of hydrogen-bond acceptors (Lipinski definition) is 3. The van der Waals surface area contributed by atoms with Crippen molar-refractivity contribution < 1.29 is 18.3 Å². The van der Waals surface area contributed by atoms with Gasteiger partial charge in [0.05, 0.1) is 0 Å². The van der Waals surface area contributed by atoms with E-state index in [0.29, 0.717) is 11.5 Å². The summed E-state index contributed by atoms with van der Waals surface area (Å²) in [6, 6.07) is 4.26. The molecule has 0 spiro atoms. The molecule has 1 unspecified atom stereocenters. The monoisotopic (exact) mass is 255 g/mol. The van der Waals surface area contributed by atoms with Crippen molar-refractivity contribution in [2.24, 2.45) is 0 Å². The van der Waals surface area contributed by atoms with Crippen molar-refractivity contribution in [2.75, 3.05) is 13.3 Å². The second-order valence-electron chi connectivity index (χ2n) is 4.77. The molecule has 18 heavy (non-hydrogen) atoms. The lowest BCUT2D eigenvalue weighted by Gasteiger charge is -2.21.